The predicted octanol–water partition coefficient (Wildman–Crippen LogP) is 9.05. The first-order valence-corrected chi connectivity index (χ1v) is 15.3. The lowest BCUT2D eigenvalue weighted by Gasteiger charge is -2.29. The molecule has 0 N–H and O–H groups in total. The highest BCUT2D eigenvalue weighted by atomic mass is 16.5. The highest BCUT2D eigenvalue weighted by molar-refractivity contribution is 5.93. The van der Waals surface area contributed by atoms with Crippen LogP contribution in [0.1, 0.15) is 150 Å². The molecule has 2 fully saturated rings. The number of esters is 1. The number of carbonyl (C=O) groups excluding carboxylic acids is 1. The van der Waals surface area contributed by atoms with Gasteiger partial charge < -0.3 is 4.74 Å². The third-order valence-corrected chi connectivity index (χ3v) is 9.02. The van der Waals surface area contributed by atoms with Crippen molar-refractivity contribution in [2.45, 2.75) is 136 Å². The second kappa shape index (κ2) is 15.8. The number of nitriles is 2. The molecule has 2 saturated carbocycles. The molecule has 0 atom stereocenters. The summed E-state index contributed by atoms with van der Waals surface area (Å²) in [6.07, 6.45) is 21.5. The number of carbonyl (C=O) groups is 1. The van der Waals surface area contributed by atoms with Gasteiger partial charge in [-0.05, 0) is 67.9 Å². The van der Waals surface area contributed by atoms with Gasteiger partial charge in [0.2, 0.25) is 0 Å². The van der Waals surface area contributed by atoms with Gasteiger partial charge in [-0.3, -0.25) is 0 Å². The van der Waals surface area contributed by atoms with Crippen LogP contribution >= 0.6 is 0 Å². The van der Waals surface area contributed by atoms with Crippen LogP contribution < -0.4 is 0 Å². The molecule has 0 aliphatic heterocycles. The molecule has 1 aromatic carbocycles. The van der Waals surface area contributed by atoms with Crippen LogP contribution in [0.2, 0.25) is 0 Å². The van der Waals surface area contributed by atoms with Crippen molar-refractivity contribution in [1.29, 1.82) is 10.5 Å². The lowest BCUT2D eigenvalue weighted by Crippen LogP contribution is -2.25. The van der Waals surface area contributed by atoms with E-state index in [2.05, 4.69) is 26.0 Å². The second-order valence-corrected chi connectivity index (χ2v) is 11.7. The number of aryl methyl sites for hydroxylation is 1. The Morgan fingerprint density at radius 1 is 0.757 bits per heavy atom. The molecule has 3 rings (SSSR count). The van der Waals surface area contributed by atoms with E-state index in [9.17, 15) is 15.3 Å². The first-order valence-electron chi connectivity index (χ1n) is 15.3. The summed E-state index contributed by atoms with van der Waals surface area (Å²) in [6, 6.07) is 8.00. The van der Waals surface area contributed by atoms with Gasteiger partial charge in [0.15, 0.2) is 0 Å². The van der Waals surface area contributed by atoms with Crippen LogP contribution in [0.15, 0.2) is 12.1 Å². The largest absolute Gasteiger partial charge is 0.459 e. The summed E-state index contributed by atoms with van der Waals surface area (Å²) in [6.45, 7) is 4.50. The van der Waals surface area contributed by atoms with Crippen LogP contribution in [0.4, 0.5) is 0 Å². The van der Waals surface area contributed by atoms with Gasteiger partial charge in [-0.15, -0.1) is 0 Å². The minimum Gasteiger partial charge on any atom is -0.459 e. The Bertz CT molecular complexity index is 925. The van der Waals surface area contributed by atoms with E-state index in [1.807, 2.05) is 6.07 Å². The number of hydrogen-bond acceptors (Lipinski definition) is 4. The molecule has 0 amide bonds. The van der Waals surface area contributed by atoms with Gasteiger partial charge in [0.1, 0.15) is 18.2 Å². The Morgan fingerprint density at radius 3 is 1.78 bits per heavy atom. The van der Waals surface area contributed by atoms with Crippen molar-refractivity contribution in [2.75, 3.05) is 0 Å². The summed E-state index contributed by atoms with van der Waals surface area (Å²) in [7, 11) is 0. The molecule has 0 saturated heterocycles. The fourth-order valence-corrected chi connectivity index (χ4v) is 6.56. The van der Waals surface area contributed by atoms with E-state index in [1.165, 1.54) is 77.0 Å². The number of hydrogen-bond donors (Lipinski definition) is 0. The van der Waals surface area contributed by atoms with E-state index in [1.54, 1.807) is 6.07 Å². The molecule has 0 heterocycles. The third kappa shape index (κ3) is 8.88. The zero-order valence-corrected chi connectivity index (χ0v) is 23.4. The molecule has 0 spiro atoms. The SMILES string of the molecule is CCCCCC1CCC(CCc2ccc(C(=O)OC3CCC(CCCCC)CC3)c(C#N)c2C#N)CC1. The molecule has 0 aromatic heterocycles. The number of unbranched alkanes of at least 4 members (excludes halogenated alkanes) is 4. The molecule has 0 unspecified atom stereocenters. The van der Waals surface area contributed by atoms with Crippen LogP contribution in [0.25, 0.3) is 0 Å². The highest BCUT2D eigenvalue weighted by Gasteiger charge is 2.27. The molecule has 0 bridgehead atoms. The molecule has 37 heavy (non-hydrogen) atoms. The molecule has 2 aliphatic rings. The minimum atomic E-state index is -0.449. The average molecular weight is 505 g/mol. The minimum absolute atomic E-state index is 0.0798. The molecule has 202 valence electrons. The van der Waals surface area contributed by atoms with Crippen molar-refractivity contribution < 1.29 is 9.53 Å². The van der Waals surface area contributed by atoms with Crippen molar-refractivity contribution in [3.05, 3.63) is 34.4 Å². The Balaban J connectivity index is 1.52. The van der Waals surface area contributed by atoms with Crippen molar-refractivity contribution >= 4 is 5.97 Å². The molecule has 0 radical (unpaired) electrons. The molecule has 1 aromatic rings. The standard InChI is InChI=1S/C33H48N2O2/c1-3-5-7-9-25-11-13-27(14-12-25)15-18-28-19-22-30(32(24-35)31(28)23-34)33(36)37-29-20-16-26(17-21-29)10-8-6-4-2/h19,22,25-27,29H,3-18,20-21H2,1-2H3. The number of ether oxygens (including phenoxy) is 1. The number of nitrogens with zero attached hydrogens (tertiary/aromatic N) is 2. The Labute approximate surface area is 225 Å². The van der Waals surface area contributed by atoms with Crippen molar-refractivity contribution in [2.24, 2.45) is 17.8 Å². The zero-order valence-electron chi connectivity index (χ0n) is 23.4. The molecule has 4 heteroatoms. The third-order valence-electron chi connectivity index (χ3n) is 9.02. The molecular weight excluding hydrogens is 456 g/mol. The smallest absolute Gasteiger partial charge is 0.339 e. The summed E-state index contributed by atoms with van der Waals surface area (Å²) in [5.74, 6) is 1.89. The maximum absolute atomic E-state index is 13.0. The van der Waals surface area contributed by atoms with E-state index in [0.29, 0.717) is 11.5 Å². The monoisotopic (exact) mass is 504 g/mol. The van der Waals surface area contributed by atoms with Crippen LogP contribution in [-0.2, 0) is 11.2 Å². The van der Waals surface area contributed by atoms with E-state index >= 15 is 0 Å². The lowest BCUT2D eigenvalue weighted by molar-refractivity contribution is 0.0160. The van der Waals surface area contributed by atoms with Crippen molar-refractivity contribution in [3.63, 3.8) is 0 Å². The number of rotatable bonds is 13. The fourth-order valence-electron chi connectivity index (χ4n) is 6.56. The van der Waals surface area contributed by atoms with Crippen molar-refractivity contribution in [3.8, 4) is 12.1 Å². The van der Waals surface area contributed by atoms with Gasteiger partial charge in [-0.2, -0.15) is 10.5 Å². The van der Waals surface area contributed by atoms with Crippen LogP contribution in [0.3, 0.4) is 0 Å². The topological polar surface area (TPSA) is 73.9 Å². The average Bonchev–Trinajstić information content (AvgIpc) is 2.93. The maximum Gasteiger partial charge on any atom is 0.339 e. The van der Waals surface area contributed by atoms with Gasteiger partial charge in [0, 0.05) is 0 Å². The summed E-state index contributed by atoms with van der Waals surface area (Å²) < 4.78 is 5.83. The summed E-state index contributed by atoms with van der Waals surface area (Å²) in [5.41, 5.74) is 1.71. The lowest BCUT2D eigenvalue weighted by atomic mass is 9.77. The molecule has 2 aliphatic carbocycles. The van der Waals surface area contributed by atoms with Gasteiger partial charge in [-0.25, -0.2) is 4.79 Å². The maximum atomic E-state index is 13.0. The Kier molecular flexibility index (Phi) is 12.5. The van der Waals surface area contributed by atoms with Crippen LogP contribution in [0.5, 0.6) is 0 Å². The normalized spacial score (nSPS) is 23.7. The first kappa shape index (κ1) is 29.2. The number of benzene rings is 1. The van der Waals surface area contributed by atoms with E-state index in [4.69, 9.17) is 4.74 Å². The predicted molar refractivity (Wildman–Crippen MR) is 149 cm³/mol. The van der Waals surface area contributed by atoms with Crippen LogP contribution in [0, 0.1) is 40.4 Å². The van der Waals surface area contributed by atoms with E-state index in [-0.39, 0.29) is 17.2 Å². The Morgan fingerprint density at radius 2 is 1.27 bits per heavy atom. The van der Waals surface area contributed by atoms with Gasteiger partial charge in [0.05, 0.1) is 16.7 Å². The second-order valence-electron chi connectivity index (χ2n) is 11.7. The summed E-state index contributed by atoms with van der Waals surface area (Å²) in [4.78, 5) is 13.0. The van der Waals surface area contributed by atoms with E-state index in [0.717, 1.165) is 55.9 Å². The van der Waals surface area contributed by atoms with E-state index < -0.39 is 5.97 Å². The quantitative estimate of drug-likeness (QED) is 0.198. The fraction of sp³-hybridized carbons (Fsp3) is 0.727. The Hall–Kier alpha value is -2.33. The highest BCUT2D eigenvalue weighted by Crippen LogP contribution is 2.35. The summed E-state index contributed by atoms with van der Waals surface area (Å²) in [5, 5.41) is 19.8. The van der Waals surface area contributed by atoms with Gasteiger partial charge >= 0.3 is 5.97 Å². The first-order chi connectivity index (χ1) is 18.1. The van der Waals surface area contributed by atoms with Crippen molar-refractivity contribution in [1.82, 2.24) is 0 Å². The van der Waals surface area contributed by atoms with Gasteiger partial charge in [0.25, 0.3) is 0 Å². The summed E-state index contributed by atoms with van der Waals surface area (Å²) >= 11 is 0. The van der Waals surface area contributed by atoms with Gasteiger partial charge in [-0.1, -0.05) is 97.0 Å². The van der Waals surface area contributed by atoms with Crippen LogP contribution in [-0.4, -0.2) is 12.1 Å². The molecular formula is C33H48N2O2. The molecule has 4 nitrogen and oxygen atoms in total. The zero-order chi connectivity index (χ0) is 26.5.